The van der Waals surface area contributed by atoms with Crippen molar-refractivity contribution in [3.8, 4) is 0 Å². The summed E-state index contributed by atoms with van der Waals surface area (Å²) in [5.74, 6) is 0. The van der Waals surface area contributed by atoms with E-state index >= 15 is 0 Å². The number of aromatic nitrogens is 1. The molecule has 0 aromatic carbocycles. The molecule has 3 rings (SSSR count). The highest BCUT2D eigenvalue weighted by Crippen LogP contribution is 2.37. The van der Waals surface area contributed by atoms with Crippen LogP contribution in [0.3, 0.4) is 0 Å². The lowest BCUT2D eigenvalue weighted by atomic mass is 9.88. The van der Waals surface area contributed by atoms with Crippen molar-refractivity contribution in [1.29, 1.82) is 0 Å². The first-order chi connectivity index (χ1) is 5.88. The molecule has 1 aromatic heterocycles. The summed E-state index contributed by atoms with van der Waals surface area (Å²) in [5, 5.41) is 0. The fourth-order valence-corrected chi connectivity index (χ4v) is 2.18. The van der Waals surface area contributed by atoms with E-state index in [1.807, 2.05) is 6.26 Å². The van der Waals surface area contributed by atoms with Crippen LogP contribution in [0.4, 0.5) is 0 Å². The number of nitrogens with zero attached hydrogens (tertiary/aromatic N) is 1. The predicted molar refractivity (Wildman–Crippen MR) is 45.7 cm³/mol. The lowest BCUT2D eigenvalue weighted by molar-refractivity contribution is 0.184. The number of hydrogen-bond acceptors (Lipinski definition) is 1. The monoisotopic (exact) mass is 161 g/mol. The van der Waals surface area contributed by atoms with Crippen molar-refractivity contribution in [1.82, 2.24) is 4.57 Å². The van der Waals surface area contributed by atoms with Gasteiger partial charge in [-0.05, 0) is 18.2 Å². The summed E-state index contributed by atoms with van der Waals surface area (Å²) >= 11 is 0. The second-order valence-corrected chi connectivity index (χ2v) is 3.78. The van der Waals surface area contributed by atoms with Gasteiger partial charge in [0, 0.05) is 30.3 Å². The van der Waals surface area contributed by atoms with Crippen molar-refractivity contribution >= 4 is 0 Å². The van der Waals surface area contributed by atoms with E-state index in [2.05, 4.69) is 29.0 Å². The molecule has 0 N–H and O–H groups in total. The second kappa shape index (κ2) is 1.94. The minimum absolute atomic E-state index is 0.288. The average Bonchev–Trinajstić information content (AvgIpc) is 2.66. The molecule has 0 saturated carbocycles. The lowest BCUT2D eigenvalue weighted by Gasteiger charge is -2.16. The molecule has 0 aliphatic carbocycles. The average molecular weight is 161 g/mol. The van der Waals surface area contributed by atoms with E-state index in [-0.39, 0.29) is 5.41 Å². The normalized spacial score (nSPS) is 31.0. The zero-order chi connectivity index (χ0) is 8.02. The Morgan fingerprint density at radius 2 is 2.50 bits per heavy atom. The number of rotatable bonds is 0. The van der Waals surface area contributed by atoms with E-state index < -0.39 is 0 Å². The predicted octanol–water partition coefficient (Wildman–Crippen LogP) is 1.57. The molecule has 1 atom stereocenters. The van der Waals surface area contributed by atoms with Gasteiger partial charge in [-0.1, -0.05) is 0 Å². The van der Waals surface area contributed by atoms with Gasteiger partial charge in [0.2, 0.25) is 0 Å². The largest absolute Gasteiger partial charge is 0.501 e. The van der Waals surface area contributed by atoms with E-state index in [1.54, 1.807) is 0 Å². The van der Waals surface area contributed by atoms with Crippen LogP contribution in [0.5, 0.6) is 0 Å². The number of fused-ring (bicyclic) bond motifs is 1. The van der Waals surface area contributed by atoms with Gasteiger partial charge in [-0.3, -0.25) is 0 Å². The van der Waals surface area contributed by atoms with Gasteiger partial charge in [0.1, 0.15) is 0 Å². The SMILES string of the molecule is C1=C[C@]2(CO1)Cc1cccn1C2. The molecular weight excluding hydrogens is 150 g/mol. The van der Waals surface area contributed by atoms with E-state index in [0.717, 1.165) is 19.6 Å². The first-order valence-electron chi connectivity index (χ1n) is 4.31. The molecule has 0 unspecified atom stereocenters. The minimum atomic E-state index is 0.288. The van der Waals surface area contributed by atoms with Crippen LogP contribution in [0.2, 0.25) is 0 Å². The van der Waals surface area contributed by atoms with Gasteiger partial charge in [0.05, 0.1) is 12.9 Å². The number of hydrogen-bond donors (Lipinski definition) is 0. The Bertz CT molecular complexity index is 317. The summed E-state index contributed by atoms with van der Waals surface area (Å²) in [7, 11) is 0. The summed E-state index contributed by atoms with van der Waals surface area (Å²) in [6.07, 6.45) is 7.33. The van der Waals surface area contributed by atoms with Crippen LogP contribution < -0.4 is 0 Å². The van der Waals surface area contributed by atoms with Crippen molar-refractivity contribution in [3.05, 3.63) is 36.4 Å². The van der Waals surface area contributed by atoms with Gasteiger partial charge in [-0.15, -0.1) is 0 Å². The van der Waals surface area contributed by atoms with E-state index in [9.17, 15) is 0 Å². The van der Waals surface area contributed by atoms with Gasteiger partial charge in [-0.2, -0.15) is 0 Å². The van der Waals surface area contributed by atoms with Crippen molar-refractivity contribution in [2.24, 2.45) is 5.41 Å². The van der Waals surface area contributed by atoms with Crippen molar-refractivity contribution in [2.45, 2.75) is 13.0 Å². The third-order valence-electron chi connectivity index (χ3n) is 2.83. The Hall–Kier alpha value is -1.18. The topological polar surface area (TPSA) is 14.2 Å². The maximum atomic E-state index is 5.29. The van der Waals surface area contributed by atoms with Crippen molar-refractivity contribution < 1.29 is 4.74 Å². The summed E-state index contributed by atoms with van der Waals surface area (Å²) in [4.78, 5) is 0. The maximum absolute atomic E-state index is 5.29. The van der Waals surface area contributed by atoms with E-state index in [1.165, 1.54) is 5.69 Å². The van der Waals surface area contributed by atoms with Gasteiger partial charge < -0.3 is 9.30 Å². The van der Waals surface area contributed by atoms with Gasteiger partial charge in [-0.25, -0.2) is 0 Å². The molecule has 2 aliphatic heterocycles. The molecular formula is C10H11NO. The van der Waals surface area contributed by atoms with Crippen LogP contribution in [-0.4, -0.2) is 11.2 Å². The van der Waals surface area contributed by atoms with Crippen LogP contribution in [0.25, 0.3) is 0 Å². The van der Waals surface area contributed by atoms with E-state index in [0.29, 0.717) is 0 Å². The Balaban J connectivity index is 1.99. The third kappa shape index (κ3) is 0.697. The highest BCUT2D eigenvalue weighted by Gasteiger charge is 2.37. The molecule has 1 aromatic rings. The number of ether oxygens (including phenoxy) is 1. The molecule has 0 bridgehead atoms. The quantitative estimate of drug-likeness (QED) is 0.563. The lowest BCUT2D eigenvalue weighted by Crippen LogP contribution is -2.21. The fraction of sp³-hybridized carbons (Fsp3) is 0.400. The van der Waals surface area contributed by atoms with Crippen LogP contribution in [0, 0.1) is 5.41 Å². The van der Waals surface area contributed by atoms with Crippen molar-refractivity contribution in [2.75, 3.05) is 6.61 Å². The molecule has 0 saturated heterocycles. The van der Waals surface area contributed by atoms with Crippen molar-refractivity contribution in [3.63, 3.8) is 0 Å². The molecule has 12 heavy (non-hydrogen) atoms. The summed E-state index contributed by atoms with van der Waals surface area (Å²) in [6, 6.07) is 4.31. The molecule has 2 heteroatoms. The first kappa shape index (κ1) is 6.35. The van der Waals surface area contributed by atoms with E-state index in [4.69, 9.17) is 4.74 Å². The maximum Gasteiger partial charge on any atom is 0.0986 e. The molecule has 62 valence electrons. The molecule has 0 radical (unpaired) electrons. The molecule has 2 aliphatic rings. The van der Waals surface area contributed by atoms with Crippen LogP contribution in [-0.2, 0) is 17.7 Å². The Labute approximate surface area is 71.5 Å². The van der Waals surface area contributed by atoms with Crippen LogP contribution >= 0.6 is 0 Å². The molecule has 1 spiro atoms. The standard InChI is InChI=1S/C10H11NO/c1-2-9-6-10(3-5-12-8-10)7-11(9)4-1/h1-5H,6-8H2/t10-/m0/s1. The first-order valence-corrected chi connectivity index (χ1v) is 4.31. The summed E-state index contributed by atoms with van der Waals surface area (Å²) < 4.78 is 7.61. The Kier molecular flexibility index (Phi) is 1.03. The highest BCUT2D eigenvalue weighted by molar-refractivity contribution is 5.20. The fourth-order valence-electron chi connectivity index (χ4n) is 2.18. The summed E-state index contributed by atoms with van der Waals surface area (Å²) in [6.45, 7) is 1.94. The molecule has 2 nitrogen and oxygen atoms in total. The van der Waals surface area contributed by atoms with Gasteiger partial charge >= 0.3 is 0 Å². The second-order valence-electron chi connectivity index (χ2n) is 3.78. The smallest absolute Gasteiger partial charge is 0.0986 e. The minimum Gasteiger partial charge on any atom is -0.501 e. The zero-order valence-corrected chi connectivity index (χ0v) is 6.86. The molecule has 0 amide bonds. The Morgan fingerprint density at radius 3 is 3.25 bits per heavy atom. The highest BCUT2D eigenvalue weighted by atomic mass is 16.5. The van der Waals surface area contributed by atoms with Crippen LogP contribution in [0.1, 0.15) is 5.69 Å². The van der Waals surface area contributed by atoms with Gasteiger partial charge in [0.25, 0.3) is 0 Å². The zero-order valence-electron chi connectivity index (χ0n) is 6.86. The summed E-state index contributed by atoms with van der Waals surface area (Å²) in [5.41, 5.74) is 1.72. The molecule has 0 fully saturated rings. The van der Waals surface area contributed by atoms with Gasteiger partial charge in [0.15, 0.2) is 0 Å². The molecule has 3 heterocycles. The third-order valence-corrected chi connectivity index (χ3v) is 2.83. The Morgan fingerprint density at radius 1 is 1.50 bits per heavy atom. The van der Waals surface area contributed by atoms with Crippen LogP contribution in [0.15, 0.2) is 30.7 Å².